The Hall–Kier alpha value is -4.78. The quantitative estimate of drug-likeness (QED) is 0.0899. The molecule has 11 heteroatoms. The molecule has 318 valence electrons. The average Bonchev–Trinajstić information content (AvgIpc) is 4.17. The third-order valence-electron chi connectivity index (χ3n) is 13.8. The van der Waals surface area contributed by atoms with Crippen molar-refractivity contribution >= 4 is 109 Å². The molecule has 0 saturated carbocycles. The maximum absolute atomic E-state index is 6.38. The minimum Gasteiger partial charge on any atom is -0.456 e. The summed E-state index contributed by atoms with van der Waals surface area (Å²) in [5.41, 5.74) is 9.86. The second-order valence-corrected chi connectivity index (χ2v) is 24.8. The number of aromatic nitrogens is 4. The second kappa shape index (κ2) is 17.0. The zero-order valence-electron chi connectivity index (χ0n) is 36.2. The van der Waals surface area contributed by atoms with Gasteiger partial charge in [0.1, 0.15) is 52.8 Å². The minimum atomic E-state index is -2.31. The monoisotopic (exact) mass is 918 g/mol. The first-order valence-corrected chi connectivity index (χ1v) is 28.3. The van der Waals surface area contributed by atoms with E-state index in [2.05, 4.69) is 100 Å². The Morgan fingerprint density at radius 1 is 0.508 bits per heavy atom. The molecule has 0 spiro atoms. The van der Waals surface area contributed by atoms with Crippen LogP contribution in [0.25, 0.3) is 97.3 Å². The first kappa shape index (κ1) is 41.0. The van der Waals surface area contributed by atoms with Gasteiger partial charge in [0.25, 0.3) is 0 Å². The molecule has 0 aliphatic carbocycles. The van der Waals surface area contributed by atoms with Crippen molar-refractivity contribution in [3.05, 3.63) is 97.1 Å². The van der Waals surface area contributed by atoms with E-state index in [0.29, 0.717) is 11.8 Å². The fraction of sp³-hybridized carbons (Fsp3) is 0.308. The molecule has 2 atom stereocenters. The summed E-state index contributed by atoms with van der Waals surface area (Å²) in [5, 5.41) is 5.52. The standard InChI is InChI=1S/C52H50N4O2S4Si/c1-5-9-15-31(7-3)29-63(30-32(8-4)16-10-6-2)45-27-43(37-23-21-35(47-49(37)55-61-53-47)41-25-33-17-11-13-19-39(33)57-41)59-51(45)52-46(63)28-44(60-52)38-24-22-36(48-50(38)56-62-54-48)42-26-34-18-12-14-20-40(34)58-42/h11-14,17-28,31-32H,5-10,15-16,29-30H2,1-4H3. The molecule has 7 heterocycles. The lowest BCUT2D eigenvalue weighted by atomic mass is 10.0. The second-order valence-electron chi connectivity index (χ2n) is 17.6. The molecule has 1 aliphatic rings. The van der Waals surface area contributed by atoms with Gasteiger partial charge in [-0.15, -0.1) is 22.7 Å². The lowest BCUT2D eigenvalue weighted by Gasteiger charge is -2.35. The third kappa shape index (κ3) is 7.06. The predicted molar refractivity (Wildman–Crippen MR) is 272 cm³/mol. The van der Waals surface area contributed by atoms with E-state index in [-0.39, 0.29) is 0 Å². The van der Waals surface area contributed by atoms with Gasteiger partial charge < -0.3 is 8.83 Å². The highest BCUT2D eigenvalue weighted by Crippen LogP contribution is 2.51. The van der Waals surface area contributed by atoms with E-state index in [1.807, 2.05) is 46.9 Å². The van der Waals surface area contributed by atoms with E-state index in [1.54, 1.807) is 10.4 Å². The van der Waals surface area contributed by atoms with Crippen molar-refractivity contribution in [3.8, 4) is 53.3 Å². The van der Waals surface area contributed by atoms with Crippen LogP contribution in [0.5, 0.6) is 0 Å². The van der Waals surface area contributed by atoms with Crippen LogP contribution in [0.2, 0.25) is 12.1 Å². The lowest BCUT2D eigenvalue weighted by Crippen LogP contribution is -2.56. The molecule has 0 radical (unpaired) electrons. The maximum Gasteiger partial charge on any atom is 0.137 e. The summed E-state index contributed by atoms with van der Waals surface area (Å²) in [6, 6.07) is 37.5. The SMILES string of the molecule is CCCCC(CC)C[Si]1(CC(CC)CCCC)c2cc(-c3ccc(-c4cc5ccccc5o4)c4nsnc34)sc2-c2sc(-c3ccc(-c4cc5ccccc5o4)c4nsnc34)cc21. The number of hydrogen-bond donors (Lipinski definition) is 0. The van der Waals surface area contributed by atoms with Crippen LogP contribution in [0, 0.1) is 11.8 Å². The molecular formula is C52H50N4O2S4Si. The normalized spacial score (nSPS) is 14.3. The van der Waals surface area contributed by atoms with Crippen LogP contribution in [-0.2, 0) is 0 Å². The van der Waals surface area contributed by atoms with Gasteiger partial charge in [0.2, 0.25) is 0 Å². The Morgan fingerprint density at radius 3 is 1.33 bits per heavy atom. The molecule has 1 aliphatic heterocycles. The number of hydrogen-bond acceptors (Lipinski definition) is 10. The van der Waals surface area contributed by atoms with Gasteiger partial charge in [0.15, 0.2) is 0 Å². The van der Waals surface area contributed by atoms with Crippen molar-refractivity contribution in [1.82, 2.24) is 17.5 Å². The fourth-order valence-electron chi connectivity index (χ4n) is 10.4. The predicted octanol–water partition coefficient (Wildman–Crippen LogP) is 16.0. The van der Waals surface area contributed by atoms with E-state index in [9.17, 15) is 0 Å². The summed E-state index contributed by atoms with van der Waals surface area (Å²) in [7, 11) is -2.31. The first-order chi connectivity index (χ1) is 31.0. The van der Waals surface area contributed by atoms with Crippen molar-refractivity contribution in [3.63, 3.8) is 0 Å². The number of rotatable bonds is 16. The van der Waals surface area contributed by atoms with E-state index in [0.717, 1.165) is 66.7 Å². The lowest BCUT2D eigenvalue weighted by molar-refractivity contribution is 0.469. The Kier molecular flexibility index (Phi) is 11.0. The van der Waals surface area contributed by atoms with Crippen LogP contribution < -0.4 is 10.4 Å². The molecule has 0 N–H and O–H groups in total. The molecule has 63 heavy (non-hydrogen) atoms. The average molecular weight is 919 g/mol. The molecule has 0 saturated heterocycles. The first-order valence-electron chi connectivity index (χ1n) is 22.8. The van der Waals surface area contributed by atoms with Crippen LogP contribution in [0.4, 0.5) is 0 Å². The largest absolute Gasteiger partial charge is 0.456 e. The van der Waals surface area contributed by atoms with Gasteiger partial charge >= 0.3 is 0 Å². The van der Waals surface area contributed by atoms with Crippen molar-refractivity contribution in [2.24, 2.45) is 11.8 Å². The smallest absolute Gasteiger partial charge is 0.137 e. The molecule has 2 unspecified atom stereocenters. The highest BCUT2D eigenvalue weighted by molar-refractivity contribution is 7.31. The van der Waals surface area contributed by atoms with Crippen LogP contribution >= 0.6 is 46.1 Å². The van der Waals surface area contributed by atoms with Crippen LogP contribution in [0.3, 0.4) is 0 Å². The summed E-state index contributed by atoms with van der Waals surface area (Å²) in [6.07, 6.45) is 10.1. The van der Waals surface area contributed by atoms with Gasteiger partial charge in [-0.25, -0.2) is 0 Å². The molecule has 0 bridgehead atoms. The summed E-state index contributed by atoms with van der Waals surface area (Å²) >= 11 is 6.56. The molecule has 11 rings (SSSR count). The topological polar surface area (TPSA) is 77.8 Å². The number of furan rings is 2. The van der Waals surface area contributed by atoms with Gasteiger partial charge in [0, 0.05) is 52.5 Å². The zero-order chi connectivity index (χ0) is 42.7. The highest BCUT2D eigenvalue weighted by atomic mass is 32.1. The number of para-hydroxylation sites is 2. The summed E-state index contributed by atoms with van der Waals surface area (Å²) < 4.78 is 32.5. The van der Waals surface area contributed by atoms with E-state index in [4.69, 9.17) is 26.3 Å². The highest BCUT2D eigenvalue weighted by Gasteiger charge is 2.50. The van der Waals surface area contributed by atoms with Crippen molar-refractivity contribution < 1.29 is 8.83 Å². The number of unbranched alkanes of at least 4 members (excludes halogenated alkanes) is 2. The fourth-order valence-corrected chi connectivity index (χ4v) is 22.0. The summed E-state index contributed by atoms with van der Waals surface area (Å²) in [5.74, 6) is 3.06. The Bertz CT molecular complexity index is 2970. The molecule has 10 aromatic rings. The van der Waals surface area contributed by atoms with Crippen LogP contribution in [0.15, 0.2) is 106 Å². The van der Waals surface area contributed by atoms with E-state index < -0.39 is 8.07 Å². The Labute approximate surface area is 385 Å². The van der Waals surface area contributed by atoms with Gasteiger partial charge in [0.05, 0.1) is 23.5 Å². The number of fused-ring (bicyclic) bond motifs is 7. The molecule has 4 aromatic carbocycles. The van der Waals surface area contributed by atoms with Gasteiger partial charge in [-0.1, -0.05) is 128 Å². The van der Waals surface area contributed by atoms with Crippen molar-refractivity contribution in [2.75, 3.05) is 0 Å². The Morgan fingerprint density at radius 2 is 0.921 bits per heavy atom. The molecule has 0 amide bonds. The number of nitrogens with zero attached hydrogens (tertiary/aromatic N) is 4. The Balaban J connectivity index is 1.08. The van der Waals surface area contributed by atoms with Crippen molar-refractivity contribution in [2.45, 2.75) is 91.1 Å². The third-order valence-corrected chi connectivity index (χ3v) is 23.1. The molecule has 6 aromatic heterocycles. The van der Waals surface area contributed by atoms with Crippen LogP contribution in [-0.4, -0.2) is 25.6 Å². The van der Waals surface area contributed by atoms with Gasteiger partial charge in [-0.2, -0.15) is 17.5 Å². The van der Waals surface area contributed by atoms with Crippen molar-refractivity contribution in [1.29, 1.82) is 0 Å². The number of benzene rings is 4. The van der Waals surface area contributed by atoms with Crippen LogP contribution in [0.1, 0.15) is 79.1 Å². The summed E-state index contributed by atoms with van der Waals surface area (Å²) in [4.78, 5) is 5.58. The maximum atomic E-state index is 6.38. The van der Waals surface area contributed by atoms with E-state index >= 15 is 0 Å². The molecular weight excluding hydrogens is 869 g/mol. The summed E-state index contributed by atoms with van der Waals surface area (Å²) in [6.45, 7) is 9.58. The zero-order valence-corrected chi connectivity index (χ0v) is 40.5. The van der Waals surface area contributed by atoms with Gasteiger partial charge in [-0.3, -0.25) is 0 Å². The minimum absolute atomic E-state index is 0.695. The van der Waals surface area contributed by atoms with E-state index in [1.165, 1.54) is 118 Å². The van der Waals surface area contributed by atoms with Gasteiger partial charge in [-0.05, 0) is 82.8 Å². The molecule has 6 nitrogen and oxygen atoms in total. The number of thiophene rings is 2. The molecule has 0 fully saturated rings.